The molecule has 1 atom stereocenters. The molecule has 0 aliphatic rings. The summed E-state index contributed by atoms with van der Waals surface area (Å²) < 4.78 is 11.5. The molecule has 8 nitrogen and oxygen atoms in total. The van der Waals surface area contributed by atoms with Gasteiger partial charge >= 0.3 is 0 Å². The number of amides is 3. The van der Waals surface area contributed by atoms with E-state index in [1.54, 1.807) is 55.6 Å². The quantitative estimate of drug-likeness (QED) is 0.0864. The lowest BCUT2D eigenvalue weighted by atomic mass is 10.1. The molecule has 9 heteroatoms. The van der Waals surface area contributed by atoms with Crippen LogP contribution < -0.4 is 20.7 Å². The van der Waals surface area contributed by atoms with Gasteiger partial charge in [-0.1, -0.05) is 78.4 Å². The number of carbonyl (C=O) groups excluding carboxylic acids is 3. The van der Waals surface area contributed by atoms with Crippen LogP contribution in [-0.4, -0.2) is 24.8 Å². The lowest BCUT2D eigenvalue weighted by Gasteiger charge is -2.18. The molecule has 0 saturated carbocycles. The van der Waals surface area contributed by atoms with Crippen molar-refractivity contribution in [3.63, 3.8) is 0 Å². The highest BCUT2D eigenvalue weighted by Gasteiger charge is 2.23. The third kappa shape index (κ3) is 8.88. The number of hydrogen-bond donors (Lipinski definition) is 3. The first kappa shape index (κ1) is 35.5. The number of methoxy groups -OCH3 is 1. The van der Waals surface area contributed by atoms with E-state index in [0.29, 0.717) is 28.5 Å². The fourth-order valence-corrected chi connectivity index (χ4v) is 6.54. The van der Waals surface area contributed by atoms with Crippen molar-refractivity contribution in [2.24, 2.45) is 0 Å². The van der Waals surface area contributed by atoms with Gasteiger partial charge in [-0.15, -0.1) is 11.8 Å². The molecule has 0 aliphatic carbocycles. The number of thioether (sulfide) groups is 1. The van der Waals surface area contributed by atoms with E-state index in [-0.39, 0.29) is 11.6 Å². The van der Waals surface area contributed by atoms with E-state index in [1.165, 1.54) is 17.8 Å². The van der Waals surface area contributed by atoms with E-state index in [2.05, 4.69) is 16.0 Å². The summed E-state index contributed by atoms with van der Waals surface area (Å²) in [5.41, 5.74) is 5.37. The zero-order valence-electron chi connectivity index (χ0n) is 28.9. The van der Waals surface area contributed by atoms with E-state index in [1.807, 2.05) is 105 Å². The fraction of sp³-hybridized carbons (Fsp3) is 0.0930. The normalized spacial score (nSPS) is 11.7. The predicted octanol–water partition coefficient (Wildman–Crippen LogP) is 9.45. The summed E-state index contributed by atoms with van der Waals surface area (Å²) in [6, 6.07) is 42.3. The monoisotopic (exact) mass is 707 g/mol. The molecule has 0 unspecified atom stereocenters. The van der Waals surface area contributed by atoms with Crippen molar-refractivity contribution >= 4 is 46.9 Å². The maximum Gasteiger partial charge on any atom is 0.272 e. The van der Waals surface area contributed by atoms with Crippen LogP contribution in [-0.2, 0) is 9.59 Å². The van der Waals surface area contributed by atoms with Gasteiger partial charge in [0.25, 0.3) is 11.8 Å². The topological polar surface area (TPSA) is 110 Å². The van der Waals surface area contributed by atoms with Gasteiger partial charge in [0.05, 0.1) is 12.7 Å². The van der Waals surface area contributed by atoms with E-state index in [9.17, 15) is 14.4 Å². The first-order valence-corrected chi connectivity index (χ1v) is 17.5. The van der Waals surface area contributed by atoms with E-state index < -0.39 is 17.1 Å². The van der Waals surface area contributed by atoms with Crippen LogP contribution in [0.5, 0.6) is 5.75 Å². The maximum atomic E-state index is 13.7. The van der Waals surface area contributed by atoms with Crippen molar-refractivity contribution in [2.75, 3.05) is 17.7 Å². The highest BCUT2D eigenvalue weighted by Crippen LogP contribution is 2.37. The minimum atomic E-state index is -0.546. The number of anilines is 2. The van der Waals surface area contributed by atoms with Crippen LogP contribution in [0.1, 0.15) is 38.1 Å². The lowest BCUT2D eigenvalue weighted by molar-refractivity contribution is -0.116. The third-order valence-corrected chi connectivity index (χ3v) is 9.43. The number of aryl methyl sites for hydroxylation is 2. The average molecular weight is 708 g/mol. The summed E-state index contributed by atoms with van der Waals surface area (Å²) in [6.07, 6.45) is 1.48. The molecule has 6 rings (SSSR count). The summed E-state index contributed by atoms with van der Waals surface area (Å²) in [7, 11) is 1.58. The van der Waals surface area contributed by atoms with Crippen LogP contribution >= 0.6 is 11.8 Å². The third-order valence-electron chi connectivity index (χ3n) is 8.16. The minimum absolute atomic E-state index is 0.0135. The standard InChI is InChI=1S/C43H37N3O5S/c1-28-18-24-36(29(2)26-28)45-43(49)40(30-12-6-4-7-13-30)52-34-22-19-32(20-23-34)44-42(48)37(46-41(47)31-14-8-5-9-15-31)27-33-21-25-39(51-33)35-16-10-11-17-38(35)50-3/h4-27,40H,1-3H3,(H,44,48)(H,45,49)(H,46,47)/b37-27-/t40-/m1/s1. The molecule has 0 radical (unpaired) electrons. The number of furan rings is 1. The van der Waals surface area contributed by atoms with Gasteiger partial charge in [0.1, 0.15) is 28.2 Å². The Bertz CT molecular complexity index is 2210. The van der Waals surface area contributed by atoms with Gasteiger partial charge in [-0.3, -0.25) is 14.4 Å². The van der Waals surface area contributed by atoms with Gasteiger partial charge in [-0.25, -0.2) is 0 Å². The number of ether oxygens (including phenoxy) is 1. The van der Waals surface area contributed by atoms with Crippen molar-refractivity contribution in [1.82, 2.24) is 5.32 Å². The molecule has 6 aromatic rings. The Kier molecular flexibility index (Phi) is 11.3. The highest BCUT2D eigenvalue weighted by molar-refractivity contribution is 8.00. The molecule has 0 fully saturated rings. The Morgan fingerprint density at radius 3 is 2.15 bits per heavy atom. The number of carbonyl (C=O) groups is 3. The maximum absolute atomic E-state index is 13.7. The van der Waals surface area contributed by atoms with Crippen molar-refractivity contribution in [1.29, 1.82) is 0 Å². The Labute approximate surface area is 306 Å². The lowest BCUT2D eigenvalue weighted by Crippen LogP contribution is -2.30. The Morgan fingerprint density at radius 1 is 0.750 bits per heavy atom. The molecule has 260 valence electrons. The molecule has 0 saturated heterocycles. The summed E-state index contributed by atoms with van der Waals surface area (Å²) >= 11 is 1.41. The number of hydrogen-bond acceptors (Lipinski definition) is 6. The summed E-state index contributed by atoms with van der Waals surface area (Å²) in [5.74, 6) is 0.406. The number of para-hydroxylation sites is 1. The first-order chi connectivity index (χ1) is 25.3. The highest BCUT2D eigenvalue weighted by atomic mass is 32.2. The molecule has 0 spiro atoms. The largest absolute Gasteiger partial charge is 0.496 e. The van der Waals surface area contributed by atoms with Gasteiger partial charge in [-0.2, -0.15) is 0 Å². The molecule has 3 amide bonds. The summed E-state index contributed by atoms with van der Waals surface area (Å²) in [6.45, 7) is 3.99. The van der Waals surface area contributed by atoms with Crippen molar-refractivity contribution < 1.29 is 23.5 Å². The van der Waals surface area contributed by atoms with Crippen LogP contribution in [0, 0.1) is 13.8 Å². The van der Waals surface area contributed by atoms with E-state index in [0.717, 1.165) is 32.8 Å². The fourth-order valence-electron chi connectivity index (χ4n) is 5.51. The van der Waals surface area contributed by atoms with Crippen LogP contribution in [0.2, 0.25) is 0 Å². The molecular weight excluding hydrogens is 671 g/mol. The smallest absolute Gasteiger partial charge is 0.272 e. The predicted molar refractivity (Wildman–Crippen MR) is 207 cm³/mol. The Morgan fingerprint density at radius 2 is 1.44 bits per heavy atom. The average Bonchev–Trinajstić information content (AvgIpc) is 3.64. The number of rotatable bonds is 12. The number of nitrogens with one attached hydrogen (secondary N) is 3. The van der Waals surface area contributed by atoms with E-state index in [4.69, 9.17) is 9.15 Å². The second-order valence-electron chi connectivity index (χ2n) is 12.0. The molecule has 3 N–H and O–H groups in total. The first-order valence-electron chi connectivity index (χ1n) is 16.6. The molecule has 0 bridgehead atoms. The van der Waals surface area contributed by atoms with Gasteiger partial charge < -0.3 is 25.1 Å². The molecule has 1 aromatic heterocycles. The van der Waals surface area contributed by atoms with E-state index >= 15 is 0 Å². The zero-order valence-corrected chi connectivity index (χ0v) is 29.7. The second-order valence-corrected chi connectivity index (χ2v) is 13.2. The van der Waals surface area contributed by atoms with Crippen molar-refractivity contribution in [2.45, 2.75) is 24.0 Å². The molecule has 52 heavy (non-hydrogen) atoms. The van der Waals surface area contributed by atoms with Crippen LogP contribution in [0.4, 0.5) is 11.4 Å². The molecule has 1 heterocycles. The van der Waals surface area contributed by atoms with Gasteiger partial charge in [0.2, 0.25) is 5.91 Å². The number of benzene rings is 5. The van der Waals surface area contributed by atoms with Crippen molar-refractivity contribution in [3.05, 3.63) is 173 Å². The molecular formula is C43H37N3O5S. The van der Waals surface area contributed by atoms with Crippen LogP contribution in [0.25, 0.3) is 17.4 Å². The summed E-state index contributed by atoms with van der Waals surface area (Å²) in [5, 5.41) is 8.20. The van der Waals surface area contributed by atoms with Crippen LogP contribution in [0.3, 0.4) is 0 Å². The van der Waals surface area contributed by atoms with Gasteiger partial charge in [-0.05, 0) is 91.7 Å². The SMILES string of the molecule is COc1ccccc1-c1ccc(/C=C(\NC(=O)c2ccccc2)C(=O)Nc2ccc(S[C@@H](C(=O)Nc3ccc(C)cc3C)c3ccccc3)cc2)o1. The van der Waals surface area contributed by atoms with Gasteiger partial charge in [0, 0.05) is 27.9 Å². The summed E-state index contributed by atoms with van der Waals surface area (Å²) in [4.78, 5) is 41.4. The van der Waals surface area contributed by atoms with Crippen molar-refractivity contribution in [3.8, 4) is 17.1 Å². The van der Waals surface area contributed by atoms with Crippen LogP contribution in [0.15, 0.2) is 155 Å². The molecule has 5 aromatic carbocycles. The van der Waals surface area contributed by atoms with Gasteiger partial charge in [0.15, 0.2) is 0 Å². The second kappa shape index (κ2) is 16.6. The Balaban J connectivity index is 1.21. The Hall–Kier alpha value is -6.32. The zero-order chi connectivity index (χ0) is 36.5. The molecule has 0 aliphatic heterocycles. The minimum Gasteiger partial charge on any atom is -0.496 e.